The molecular weight excluding hydrogens is 462 g/mol. The molecule has 166 valence electrons. The van der Waals surface area contributed by atoms with Crippen molar-refractivity contribution in [2.75, 3.05) is 29.5 Å². The van der Waals surface area contributed by atoms with E-state index < -0.39 is 25.9 Å². The number of primary sulfonamides is 1. The number of carbonyl (C=O) groups excluding carboxylic acids is 1. The average molecular weight is 484 g/mol. The Bertz CT molecular complexity index is 1220. The van der Waals surface area contributed by atoms with E-state index in [1.807, 2.05) is 4.90 Å². The average Bonchev–Trinajstić information content (AvgIpc) is 3.00. The summed E-state index contributed by atoms with van der Waals surface area (Å²) in [7, 11) is -7.05. The second kappa shape index (κ2) is 8.18. The summed E-state index contributed by atoms with van der Waals surface area (Å²) in [5, 5.41) is 5.60. The van der Waals surface area contributed by atoms with Gasteiger partial charge in [0.1, 0.15) is 0 Å². The molecule has 0 radical (unpaired) electrons. The number of rotatable bonds is 5. The number of nitrogens with zero attached hydrogens (tertiary/aromatic N) is 2. The number of fused-ring (bicyclic) bond motifs is 1. The number of hydrogen-bond donors (Lipinski definition) is 1. The molecule has 2 aromatic carbocycles. The number of amides is 1. The van der Waals surface area contributed by atoms with Crippen LogP contribution in [-0.2, 0) is 31.1 Å². The first-order valence-electron chi connectivity index (χ1n) is 9.67. The summed E-state index contributed by atoms with van der Waals surface area (Å²) in [4.78, 5) is 16.5. The molecule has 4 rings (SSSR count). The van der Waals surface area contributed by atoms with Gasteiger partial charge in [0.25, 0.3) is 0 Å². The Morgan fingerprint density at radius 1 is 1.06 bits per heavy atom. The minimum Gasteiger partial charge on any atom is -0.306 e. The molecule has 2 atom stereocenters. The van der Waals surface area contributed by atoms with Gasteiger partial charge in [-0.05, 0) is 42.3 Å². The van der Waals surface area contributed by atoms with Gasteiger partial charge < -0.3 is 4.90 Å². The SMILES string of the molecule is NS(=O)(=O)c1ccc(CCN2CC(=O)N(c3cccc(Cl)c3)[C@H]3CS(=O)(=O)C[C@H]32)cc1. The number of sulfone groups is 1. The van der Waals surface area contributed by atoms with Crippen LogP contribution in [0.5, 0.6) is 0 Å². The van der Waals surface area contributed by atoms with Crippen molar-refractivity contribution >= 4 is 43.1 Å². The molecule has 2 heterocycles. The number of hydrogen-bond acceptors (Lipinski definition) is 6. The van der Waals surface area contributed by atoms with Crippen LogP contribution < -0.4 is 10.0 Å². The van der Waals surface area contributed by atoms with E-state index in [-0.39, 0.29) is 34.9 Å². The molecule has 2 aromatic rings. The number of anilines is 1. The number of piperazine rings is 1. The molecule has 11 heteroatoms. The van der Waals surface area contributed by atoms with Gasteiger partial charge in [-0.2, -0.15) is 0 Å². The summed E-state index contributed by atoms with van der Waals surface area (Å²) in [6.07, 6.45) is 0.540. The van der Waals surface area contributed by atoms with E-state index in [1.54, 1.807) is 41.3 Å². The lowest BCUT2D eigenvalue weighted by Gasteiger charge is -2.43. The highest BCUT2D eigenvalue weighted by molar-refractivity contribution is 7.91. The Morgan fingerprint density at radius 3 is 2.39 bits per heavy atom. The molecular formula is C20H22ClN3O5S2. The normalized spacial score (nSPS) is 23.7. The molecule has 31 heavy (non-hydrogen) atoms. The van der Waals surface area contributed by atoms with Gasteiger partial charge in [-0.15, -0.1) is 0 Å². The number of nitrogens with two attached hydrogens (primary N) is 1. The van der Waals surface area contributed by atoms with E-state index in [0.29, 0.717) is 23.7 Å². The van der Waals surface area contributed by atoms with Gasteiger partial charge in [0.15, 0.2) is 9.84 Å². The third-order valence-electron chi connectivity index (χ3n) is 5.73. The fraction of sp³-hybridized carbons (Fsp3) is 0.350. The predicted molar refractivity (Wildman–Crippen MR) is 118 cm³/mol. The lowest BCUT2D eigenvalue weighted by molar-refractivity contribution is -0.123. The highest BCUT2D eigenvalue weighted by Crippen LogP contribution is 2.32. The lowest BCUT2D eigenvalue weighted by atomic mass is 10.0. The van der Waals surface area contributed by atoms with Crippen LogP contribution in [0.4, 0.5) is 5.69 Å². The van der Waals surface area contributed by atoms with Crippen molar-refractivity contribution < 1.29 is 21.6 Å². The van der Waals surface area contributed by atoms with E-state index in [1.165, 1.54) is 12.1 Å². The molecule has 2 saturated heterocycles. The molecule has 8 nitrogen and oxygen atoms in total. The van der Waals surface area contributed by atoms with Gasteiger partial charge in [0.05, 0.1) is 29.0 Å². The maximum atomic E-state index is 13.0. The highest BCUT2D eigenvalue weighted by Gasteiger charge is 2.49. The van der Waals surface area contributed by atoms with Crippen LogP contribution in [0, 0.1) is 0 Å². The van der Waals surface area contributed by atoms with Gasteiger partial charge in [0, 0.05) is 23.3 Å². The number of benzene rings is 2. The fourth-order valence-corrected chi connectivity index (χ4v) is 6.96. The molecule has 2 fully saturated rings. The second-order valence-electron chi connectivity index (χ2n) is 7.86. The zero-order valence-corrected chi connectivity index (χ0v) is 18.9. The van der Waals surface area contributed by atoms with Crippen LogP contribution in [0.2, 0.25) is 5.02 Å². The molecule has 2 aliphatic heterocycles. The van der Waals surface area contributed by atoms with Crippen LogP contribution in [0.25, 0.3) is 0 Å². The molecule has 0 saturated carbocycles. The summed E-state index contributed by atoms with van der Waals surface area (Å²) in [5.74, 6) is -0.271. The lowest BCUT2D eigenvalue weighted by Crippen LogP contribution is -2.62. The topological polar surface area (TPSA) is 118 Å². The largest absolute Gasteiger partial charge is 0.306 e. The standard InChI is InChI=1S/C20H22ClN3O5S2/c21-15-2-1-3-16(10-15)24-19-13-30(26,27)12-18(19)23(11-20(24)25)9-8-14-4-6-17(7-5-14)31(22,28)29/h1-7,10,18-19H,8-9,11-13H2,(H2,22,28,29)/t18-,19+/m1/s1. The Balaban J connectivity index is 1.54. The number of halogens is 1. The minimum absolute atomic E-state index is 0.00757. The molecule has 2 aliphatic rings. The zero-order valence-electron chi connectivity index (χ0n) is 16.5. The number of sulfonamides is 1. The van der Waals surface area contributed by atoms with Gasteiger partial charge in [-0.3, -0.25) is 9.69 Å². The van der Waals surface area contributed by atoms with Crippen molar-refractivity contribution in [1.29, 1.82) is 0 Å². The molecule has 0 aromatic heterocycles. The summed E-state index contributed by atoms with van der Waals surface area (Å²) in [6.45, 7) is 0.568. The minimum atomic E-state index is -3.76. The molecule has 0 aliphatic carbocycles. The van der Waals surface area contributed by atoms with E-state index in [9.17, 15) is 21.6 Å². The predicted octanol–water partition coefficient (Wildman–Crippen LogP) is 1.04. The van der Waals surface area contributed by atoms with E-state index >= 15 is 0 Å². The summed E-state index contributed by atoms with van der Waals surface area (Å²) >= 11 is 6.08. The van der Waals surface area contributed by atoms with Crippen molar-refractivity contribution in [3.8, 4) is 0 Å². The van der Waals surface area contributed by atoms with E-state index in [2.05, 4.69) is 0 Å². The van der Waals surface area contributed by atoms with Crippen LogP contribution in [-0.4, -0.2) is 64.3 Å². The van der Waals surface area contributed by atoms with Gasteiger partial charge in [0.2, 0.25) is 15.9 Å². The zero-order chi connectivity index (χ0) is 22.4. The first-order valence-corrected chi connectivity index (χ1v) is 13.4. The van der Waals surface area contributed by atoms with Gasteiger partial charge in [-0.1, -0.05) is 29.8 Å². The molecule has 0 unspecified atom stereocenters. The maximum Gasteiger partial charge on any atom is 0.241 e. The molecule has 0 spiro atoms. The first-order chi connectivity index (χ1) is 14.5. The van der Waals surface area contributed by atoms with Crippen molar-refractivity contribution in [1.82, 2.24) is 4.90 Å². The summed E-state index contributed by atoms with van der Waals surface area (Å²) in [6, 6.07) is 12.3. The Labute approximate surface area is 186 Å². The second-order valence-corrected chi connectivity index (χ2v) is 12.0. The number of carbonyl (C=O) groups is 1. The fourth-order valence-electron chi connectivity index (χ4n) is 4.28. The van der Waals surface area contributed by atoms with Crippen molar-refractivity contribution in [2.45, 2.75) is 23.4 Å². The third kappa shape index (κ3) is 4.78. The van der Waals surface area contributed by atoms with E-state index in [0.717, 1.165) is 5.56 Å². The quantitative estimate of drug-likeness (QED) is 0.679. The van der Waals surface area contributed by atoms with Crippen molar-refractivity contribution in [2.24, 2.45) is 5.14 Å². The van der Waals surface area contributed by atoms with E-state index in [4.69, 9.17) is 16.7 Å². The first kappa shape index (κ1) is 22.2. The van der Waals surface area contributed by atoms with Crippen LogP contribution in [0.1, 0.15) is 5.56 Å². The Kier molecular flexibility index (Phi) is 5.86. The van der Waals surface area contributed by atoms with Crippen LogP contribution >= 0.6 is 11.6 Å². The molecule has 2 N–H and O–H groups in total. The summed E-state index contributed by atoms with van der Waals surface area (Å²) in [5.41, 5.74) is 1.47. The smallest absolute Gasteiger partial charge is 0.241 e. The maximum absolute atomic E-state index is 13.0. The highest BCUT2D eigenvalue weighted by atomic mass is 35.5. The van der Waals surface area contributed by atoms with Crippen molar-refractivity contribution in [3.05, 3.63) is 59.1 Å². The monoisotopic (exact) mass is 483 g/mol. The van der Waals surface area contributed by atoms with Crippen LogP contribution in [0.15, 0.2) is 53.4 Å². The summed E-state index contributed by atoms with van der Waals surface area (Å²) < 4.78 is 47.7. The van der Waals surface area contributed by atoms with Crippen molar-refractivity contribution in [3.63, 3.8) is 0 Å². The Hall–Kier alpha value is -1.98. The van der Waals surface area contributed by atoms with Crippen LogP contribution in [0.3, 0.4) is 0 Å². The Morgan fingerprint density at radius 2 is 1.74 bits per heavy atom. The molecule has 1 amide bonds. The third-order valence-corrected chi connectivity index (χ3v) is 8.59. The van der Waals surface area contributed by atoms with Gasteiger partial charge >= 0.3 is 0 Å². The molecule has 0 bridgehead atoms. The van der Waals surface area contributed by atoms with Gasteiger partial charge in [-0.25, -0.2) is 22.0 Å².